The molecule has 2 bridgehead atoms. The fraction of sp³-hybridized carbons (Fsp3) is 0.440. The maximum atomic E-state index is 14.6. The highest BCUT2D eigenvalue weighted by molar-refractivity contribution is 6.04. The second-order valence-corrected chi connectivity index (χ2v) is 8.98. The third kappa shape index (κ3) is 3.84. The molecule has 1 aromatic carbocycles. The van der Waals surface area contributed by atoms with Gasteiger partial charge in [-0.15, -0.1) is 0 Å². The average molecular weight is 441 g/mol. The molecule has 4 unspecified atom stereocenters. The van der Waals surface area contributed by atoms with E-state index in [0.717, 1.165) is 43.3 Å². The standard InChI is InChI=1S/C25H30F2N4O/c1-5-7-8-17(6-2)25(4)13-23(21-11-18(26)9-10-22(21)27)29-31(25)24(32)16(3)30-15-19-12-20(30)14-28-19/h5-11,16,19-20,28H,1,12-15H2,2-4H3/b8-7-,17-6+. The summed E-state index contributed by atoms with van der Waals surface area (Å²) >= 11 is 0. The van der Waals surface area contributed by atoms with E-state index < -0.39 is 17.2 Å². The van der Waals surface area contributed by atoms with Crippen molar-refractivity contribution in [2.24, 2.45) is 5.10 Å². The Labute approximate surface area is 188 Å². The van der Waals surface area contributed by atoms with Gasteiger partial charge in [0.2, 0.25) is 0 Å². The molecular formula is C25H30F2N4O. The normalized spacial score (nSPS) is 29.1. The molecule has 0 saturated carbocycles. The number of rotatable bonds is 6. The van der Waals surface area contributed by atoms with Crippen molar-refractivity contribution in [3.63, 3.8) is 0 Å². The van der Waals surface area contributed by atoms with Crippen molar-refractivity contribution in [3.05, 3.63) is 71.9 Å². The predicted molar refractivity (Wildman–Crippen MR) is 122 cm³/mol. The van der Waals surface area contributed by atoms with Gasteiger partial charge in [0.1, 0.15) is 11.6 Å². The van der Waals surface area contributed by atoms with Gasteiger partial charge in [0.05, 0.1) is 17.3 Å². The van der Waals surface area contributed by atoms with E-state index >= 15 is 0 Å². The van der Waals surface area contributed by atoms with Gasteiger partial charge in [-0.05, 0) is 51.0 Å². The van der Waals surface area contributed by atoms with Crippen molar-refractivity contribution < 1.29 is 13.6 Å². The van der Waals surface area contributed by atoms with Crippen LogP contribution in [0.4, 0.5) is 8.78 Å². The van der Waals surface area contributed by atoms with Crippen LogP contribution in [0.5, 0.6) is 0 Å². The van der Waals surface area contributed by atoms with Crippen LogP contribution in [0.15, 0.2) is 59.8 Å². The molecule has 4 rings (SSSR count). The van der Waals surface area contributed by atoms with Crippen molar-refractivity contribution in [1.29, 1.82) is 0 Å². The van der Waals surface area contributed by atoms with Crippen LogP contribution in [-0.4, -0.2) is 58.3 Å². The number of hydrazone groups is 1. The number of carbonyl (C=O) groups is 1. The molecule has 3 aliphatic rings. The Kier molecular flexibility index (Phi) is 6.14. The number of halogens is 2. The Morgan fingerprint density at radius 3 is 2.81 bits per heavy atom. The van der Waals surface area contributed by atoms with Crippen molar-refractivity contribution in [2.75, 3.05) is 13.1 Å². The van der Waals surface area contributed by atoms with E-state index in [-0.39, 0.29) is 23.9 Å². The molecule has 5 nitrogen and oxygen atoms in total. The molecule has 1 N–H and O–H groups in total. The number of nitrogens with one attached hydrogen (secondary N) is 1. The zero-order chi connectivity index (χ0) is 23.0. The van der Waals surface area contributed by atoms with E-state index in [1.54, 1.807) is 12.2 Å². The zero-order valence-electron chi connectivity index (χ0n) is 18.8. The van der Waals surface area contributed by atoms with Crippen molar-refractivity contribution in [3.8, 4) is 0 Å². The van der Waals surface area contributed by atoms with Crippen molar-refractivity contribution >= 4 is 11.6 Å². The van der Waals surface area contributed by atoms with Gasteiger partial charge in [-0.3, -0.25) is 9.69 Å². The molecule has 0 aliphatic carbocycles. The minimum atomic E-state index is -0.829. The fourth-order valence-corrected chi connectivity index (χ4v) is 5.20. The molecule has 0 spiro atoms. The van der Waals surface area contributed by atoms with E-state index in [1.807, 2.05) is 32.9 Å². The summed E-state index contributed by atoms with van der Waals surface area (Å²) in [5, 5.41) is 9.54. The van der Waals surface area contributed by atoms with Crippen LogP contribution < -0.4 is 5.32 Å². The summed E-state index contributed by atoms with van der Waals surface area (Å²) in [6.45, 7) is 11.2. The van der Waals surface area contributed by atoms with E-state index in [2.05, 4.69) is 21.9 Å². The van der Waals surface area contributed by atoms with Crippen LogP contribution in [0.25, 0.3) is 0 Å². The maximum absolute atomic E-state index is 14.6. The summed E-state index contributed by atoms with van der Waals surface area (Å²) in [5.74, 6) is -1.23. The lowest BCUT2D eigenvalue weighted by atomic mass is 9.84. The number of likely N-dealkylation sites (tertiary alicyclic amines) is 1. The van der Waals surface area contributed by atoms with Crippen molar-refractivity contribution in [2.45, 2.75) is 57.3 Å². The Morgan fingerprint density at radius 2 is 2.19 bits per heavy atom. The number of benzene rings is 1. The molecule has 0 radical (unpaired) electrons. The second-order valence-electron chi connectivity index (χ2n) is 8.98. The van der Waals surface area contributed by atoms with Crippen molar-refractivity contribution in [1.82, 2.24) is 15.2 Å². The van der Waals surface area contributed by atoms with E-state index in [9.17, 15) is 13.6 Å². The molecule has 7 heteroatoms. The molecule has 2 saturated heterocycles. The number of fused-ring (bicyclic) bond motifs is 2. The lowest BCUT2D eigenvalue weighted by Crippen LogP contribution is -2.56. The molecule has 3 aliphatic heterocycles. The smallest absolute Gasteiger partial charge is 0.260 e. The summed E-state index contributed by atoms with van der Waals surface area (Å²) < 4.78 is 28.5. The van der Waals surface area contributed by atoms with Gasteiger partial charge in [-0.1, -0.05) is 30.9 Å². The molecule has 3 heterocycles. The number of allylic oxidation sites excluding steroid dienone is 3. The summed E-state index contributed by atoms with van der Waals surface area (Å²) in [7, 11) is 0. The van der Waals surface area contributed by atoms with Gasteiger partial charge < -0.3 is 5.32 Å². The summed E-state index contributed by atoms with van der Waals surface area (Å²) in [6, 6.07) is 3.71. The van der Waals surface area contributed by atoms with Gasteiger partial charge in [-0.2, -0.15) is 5.10 Å². The van der Waals surface area contributed by atoms with E-state index in [1.165, 1.54) is 5.01 Å². The van der Waals surface area contributed by atoms with E-state index in [4.69, 9.17) is 0 Å². The largest absolute Gasteiger partial charge is 0.311 e. The number of hydrogen-bond donors (Lipinski definition) is 1. The predicted octanol–water partition coefficient (Wildman–Crippen LogP) is 3.78. The first-order valence-electron chi connectivity index (χ1n) is 11.1. The Hall–Kier alpha value is -2.64. The molecule has 2 fully saturated rings. The summed E-state index contributed by atoms with van der Waals surface area (Å²) in [6.07, 6.45) is 8.60. The fourth-order valence-electron chi connectivity index (χ4n) is 5.20. The third-order valence-electron chi connectivity index (χ3n) is 6.95. The van der Waals surface area contributed by atoms with E-state index in [0.29, 0.717) is 17.8 Å². The number of hydrogen-bond acceptors (Lipinski definition) is 4. The minimum Gasteiger partial charge on any atom is -0.311 e. The van der Waals surface area contributed by atoms with Gasteiger partial charge in [-0.25, -0.2) is 13.8 Å². The molecule has 4 atom stereocenters. The highest BCUT2D eigenvalue weighted by atomic mass is 19.1. The molecule has 0 aromatic heterocycles. The molecule has 32 heavy (non-hydrogen) atoms. The third-order valence-corrected chi connectivity index (χ3v) is 6.95. The monoisotopic (exact) mass is 440 g/mol. The van der Waals surface area contributed by atoms with Crippen LogP contribution in [0.2, 0.25) is 0 Å². The number of piperazine rings is 1. The van der Waals surface area contributed by atoms with Crippen LogP contribution in [-0.2, 0) is 4.79 Å². The Balaban J connectivity index is 1.72. The first-order valence-corrected chi connectivity index (χ1v) is 11.1. The number of nitrogens with zero attached hydrogens (tertiary/aromatic N) is 3. The van der Waals surface area contributed by atoms with Crippen LogP contribution in [0.3, 0.4) is 0 Å². The number of amides is 1. The molecule has 170 valence electrons. The lowest BCUT2D eigenvalue weighted by Gasteiger charge is -2.39. The Bertz CT molecular complexity index is 1020. The maximum Gasteiger partial charge on any atom is 0.260 e. The van der Waals surface area contributed by atoms with Gasteiger partial charge in [0, 0.05) is 37.2 Å². The first kappa shape index (κ1) is 22.6. The van der Waals surface area contributed by atoms with Crippen LogP contribution >= 0.6 is 0 Å². The first-order chi connectivity index (χ1) is 15.3. The summed E-state index contributed by atoms with van der Waals surface area (Å²) in [4.78, 5) is 16.0. The van der Waals surface area contributed by atoms with Crippen LogP contribution in [0.1, 0.15) is 39.2 Å². The summed E-state index contributed by atoms with van der Waals surface area (Å²) in [5.41, 5.74) is 0.482. The molecular weight excluding hydrogens is 410 g/mol. The van der Waals surface area contributed by atoms with Gasteiger partial charge in [0.25, 0.3) is 5.91 Å². The van der Waals surface area contributed by atoms with Gasteiger partial charge in [0.15, 0.2) is 0 Å². The van der Waals surface area contributed by atoms with Crippen LogP contribution in [0, 0.1) is 11.6 Å². The highest BCUT2D eigenvalue weighted by Gasteiger charge is 2.49. The second kappa shape index (κ2) is 8.71. The zero-order valence-corrected chi connectivity index (χ0v) is 18.8. The molecule has 1 amide bonds. The lowest BCUT2D eigenvalue weighted by molar-refractivity contribution is -0.140. The molecule has 1 aromatic rings. The topological polar surface area (TPSA) is 47.9 Å². The average Bonchev–Trinajstić information content (AvgIpc) is 3.50. The SMILES string of the molecule is C=C/C=C\C(=C/C)C1(C)CC(c2cc(F)ccc2F)=NN1C(=O)C(C)N1CC2CC1CN2. The highest BCUT2D eigenvalue weighted by Crippen LogP contribution is 2.39. The van der Waals surface area contributed by atoms with Gasteiger partial charge >= 0.3 is 0 Å². The Morgan fingerprint density at radius 1 is 1.41 bits per heavy atom. The number of carbonyl (C=O) groups excluding carboxylic acids is 1. The minimum absolute atomic E-state index is 0.0896. The quantitative estimate of drug-likeness (QED) is 0.685.